The van der Waals surface area contributed by atoms with E-state index in [0.29, 0.717) is 5.92 Å². The van der Waals surface area contributed by atoms with Crippen LogP contribution in [0.4, 0.5) is 0 Å². The van der Waals surface area contributed by atoms with Gasteiger partial charge in [-0.2, -0.15) is 16.6 Å². The lowest BCUT2D eigenvalue weighted by Crippen LogP contribution is -2.07. The van der Waals surface area contributed by atoms with Crippen molar-refractivity contribution in [3.8, 4) is 6.07 Å². The highest BCUT2D eigenvalue weighted by Gasteiger charge is 2.28. The lowest BCUT2D eigenvalue weighted by Gasteiger charge is -2.08. The molecular formula is C9H10N2S. The molecule has 62 valence electrons. The zero-order valence-electron chi connectivity index (χ0n) is 6.66. The third-order valence-corrected chi connectivity index (χ3v) is 3.05. The van der Waals surface area contributed by atoms with E-state index in [9.17, 15) is 0 Å². The van der Waals surface area contributed by atoms with Gasteiger partial charge in [0.1, 0.15) is 0 Å². The molecule has 1 fully saturated rings. The zero-order valence-corrected chi connectivity index (χ0v) is 7.47. The smallest absolute Gasteiger partial charge is 0.0676 e. The number of nitriles is 1. The van der Waals surface area contributed by atoms with Crippen molar-refractivity contribution in [3.05, 3.63) is 22.4 Å². The van der Waals surface area contributed by atoms with Crippen molar-refractivity contribution in [1.29, 1.82) is 5.26 Å². The van der Waals surface area contributed by atoms with Crippen molar-refractivity contribution in [2.75, 3.05) is 13.1 Å². The van der Waals surface area contributed by atoms with E-state index in [-0.39, 0.29) is 5.92 Å². The van der Waals surface area contributed by atoms with Gasteiger partial charge in [-0.25, -0.2) is 0 Å². The average molecular weight is 178 g/mol. The van der Waals surface area contributed by atoms with Crippen LogP contribution in [0.25, 0.3) is 0 Å². The fraction of sp³-hybridized carbons (Fsp3) is 0.444. The molecule has 0 amide bonds. The third kappa shape index (κ3) is 1.24. The lowest BCUT2D eigenvalue weighted by atomic mass is 9.92. The minimum Gasteiger partial charge on any atom is -0.315 e. The number of thiophene rings is 1. The van der Waals surface area contributed by atoms with Crippen LogP contribution in [-0.2, 0) is 0 Å². The molecule has 1 N–H and O–H groups in total. The molecule has 0 saturated carbocycles. The summed E-state index contributed by atoms with van der Waals surface area (Å²) in [5.74, 6) is 0.584. The van der Waals surface area contributed by atoms with Crippen LogP contribution in [0.1, 0.15) is 11.5 Å². The molecule has 1 aliphatic heterocycles. The molecule has 1 aliphatic rings. The Balaban J connectivity index is 2.20. The Bertz CT molecular complexity index is 286. The van der Waals surface area contributed by atoms with E-state index in [1.54, 1.807) is 11.3 Å². The lowest BCUT2D eigenvalue weighted by molar-refractivity contribution is 0.648. The number of nitrogens with one attached hydrogen (secondary N) is 1. The molecule has 2 nitrogen and oxygen atoms in total. The summed E-state index contributed by atoms with van der Waals surface area (Å²) in [6, 6.07) is 4.46. The van der Waals surface area contributed by atoms with Gasteiger partial charge in [0, 0.05) is 19.0 Å². The second-order valence-electron chi connectivity index (χ2n) is 3.06. The highest BCUT2D eigenvalue weighted by molar-refractivity contribution is 7.07. The third-order valence-electron chi connectivity index (χ3n) is 2.35. The molecule has 1 aromatic rings. The summed E-state index contributed by atoms with van der Waals surface area (Å²) in [6.45, 7) is 1.80. The van der Waals surface area contributed by atoms with E-state index in [2.05, 4.69) is 28.2 Å². The van der Waals surface area contributed by atoms with Gasteiger partial charge >= 0.3 is 0 Å². The van der Waals surface area contributed by atoms with E-state index < -0.39 is 0 Å². The fourth-order valence-corrected chi connectivity index (χ4v) is 2.38. The maximum absolute atomic E-state index is 8.85. The Morgan fingerprint density at radius 1 is 1.58 bits per heavy atom. The van der Waals surface area contributed by atoms with Crippen LogP contribution >= 0.6 is 11.3 Å². The van der Waals surface area contributed by atoms with Gasteiger partial charge in [0.2, 0.25) is 0 Å². The molecule has 0 bridgehead atoms. The van der Waals surface area contributed by atoms with Crippen molar-refractivity contribution < 1.29 is 0 Å². The van der Waals surface area contributed by atoms with Crippen LogP contribution in [0, 0.1) is 17.2 Å². The molecule has 2 unspecified atom stereocenters. The van der Waals surface area contributed by atoms with Gasteiger partial charge in [0.15, 0.2) is 0 Å². The second kappa shape index (κ2) is 3.26. The molecule has 12 heavy (non-hydrogen) atoms. The molecule has 0 radical (unpaired) electrons. The van der Waals surface area contributed by atoms with Crippen LogP contribution in [0.5, 0.6) is 0 Å². The Kier molecular flexibility index (Phi) is 2.11. The van der Waals surface area contributed by atoms with Gasteiger partial charge in [0.05, 0.1) is 12.0 Å². The molecule has 2 heterocycles. The second-order valence-corrected chi connectivity index (χ2v) is 3.84. The quantitative estimate of drug-likeness (QED) is 0.708. The Morgan fingerprint density at radius 3 is 3.17 bits per heavy atom. The molecule has 0 aromatic carbocycles. The van der Waals surface area contributed by atoms with Gasteiger partial charge < -0.3 is 5.32 Å². The zero-order chi connectivity index (χ0) is 8.39. The molecular weight excluding hydrogens is 168 g/mol. The number of nitrogens with zero attached hydrogens (tertiary/aromatic N) is 1. The van der Waals surface area contributed by atoms with E-state index in [1.165, 1.54) is 5.56 Å². The van der Waals surface area contributed by atoms with Crippen LogP contribution in [0.3, 0.4) is 0 Å². The number of rotatable bonds is 1. The standard InChI is InChI=1S/C9H10N2S/c10-3-8-4-11-5-9(8)7-1-2-12-6-7/h1-2,6,8-9,11H,4-5H2. The minimum absolute atomic E-state index is 0.166. The molecule has 1 aromatic heterocycles. The monoisotopic (exact) mass is 178 g/mol. The molecule has 3 heteroatoms. The fourth-order valence-electron chi connectivity index (χ4n) is 1.65. The summed E-state index contributed by atoms with van der Waals surface area (Å²) in [6.07, 6.45) is 0. The van der Waals surface area contributed by atoms with Gasteiger partial charge in [-0.1, -0.05) is 0 Å². The maximum Gasteiger partial charge on any atom is 0.0676 e. The first-order valence-electron chi connectivity index (χ1n) is 4.04. The van der Waals surface area contributed by atoms with E-state index >= 15 is 0 Å². The SMILES string of the molecule is N#CC1CNCC1c1ccsc1. The highest BCUT2D eigenvalue weighted by Crippen LogP contribution is 2.28. The summed E-state index contributed by atoms with van der Waals surface area (Å²) >= 11 is 1.70. The first kappa shape index (κ1) is 7.78. The molecule has 0 spiro atoms. The summed E-state index contributed by atoms with van der Waals surface area (Å²) in [5, 5.41) is 16.3. The Labute approximate surface area is 75.8 Å². The van der Waals surface area contributed by atoms with Crippen molar-refractivity contribution in [2.24, 2.45) is 5.92 Å². The summed E-state index contributed by atoms with van der Waals surface area (Å²) in [5.41, 5.74) is 1.32. The van der Waals surface area contributed by atoms with Crippen LogP contribution in [0.2, 0.25) is 0 Å². The first-order valence-corrected chi connectivity index (χ1v) is 4.98. The van der Waals surface area contributed by atoms with E-state index in [4.69, 9.17) is 5.26 Å². The molecule has 2 rings (SSSR count). The first-order chi connectivity index (χ1) is 5.92. The summed E-state index contributed by atoms with van der Waals surface area (Å²) in [7, 11) is 0. The maximum atomic E-state index is 8.85. The largest absolute Gasteiger partial charge is 0.315 e. The van der Waals surface area contributed by atoms with Crippen molar-refractivity contribution in [1.82, 2.24) is 5.32 Å². The topological polar surface area (TPSA) is 35.8 Å². The van der Waals surface area contributed by atoms with Gasteiger partial charge in [0.25, 0.3) is 0 Å². The highest BCUT2D eigenvalue weighted by atomic mass is 32.1. The minimum atomic E-state index is 0.166. The predicted molar refractivity (Wildman–Crippen MR) is 49.0 cm³/mol. The number of hydrogen-bond acceptors (Lipinski definition) is 3. The van der Waals surface area contributed by atoms with Gasteiger partial charge in [-0.15, -0.1) is 0 Å². The molecule has 2 atom stereocenters. The van der Waals surface area contributed by atoms with Crippen LogP contribution in [-0.4, -0.2) is 13.1 Å². The van der Waals surface area contributed by atoms with Crippen molar-refractivity contribution in [3.63, 3.8) is 0 Å². The van der Waals surface area contributed by atoms with Gasteiger partial charge in [-0.3, -0.25) is 0 Å². The van der Waals surface area contributed by atoms with Crippen LogP contribution < -0.4 is 5.32 Å². The molecule has 1 saturated heterocycles. The number of hydrogen-bond donors (Lipinski definition) is 1. The summed E-state index contributed by atoms with van der Waals surface area (Å²) in [4.78, 5) is 0. The predicted octanol–water partition coefficient (Wildman–Crippen LogP) is 1.57. The summed E-state index contributed by atoms with van der Waals surface area (Å²) < 4.78 is 0. The van der Waals surface area contributed by atoms with E-state index in [1.807, 2.05) is 0 Å². The average Bonchev–Trinajstić information content (AvgIpc) is 2.74. The van der Waals surface area contributed by atoms with Crippen LogP contribution in [0.15, 0.2) is 16.8 Å². The Hall–Kier alpha value is -0.850. The van der Waals surface area contributed by atoms with Gasteiger partial charge in [-0.05, 0) is 22.4 Å². The van der Waals surface area contributed by atoms with Crippen molar-refractivity contribution in [2.45, 2.75) is 5.92 Å². The normalized spacial score (nSPS) is 28.6. The van der Waals surface area contributed by atoms with Crippen molar-refractivity contribution >= 4 is 11.3 Å². The Morgan fingerprint density at radius 2 is 2.50 bits per heavy atom. The van der Waals surface area contributed by atoms with E-state index in [0.717, 1.165) is 13.1 Å². The molecule has 0 aliphatic carbocycles.